The zero-order chi connectivity index (χ0) is 14.8. The summed E-state index contributed by atoms with van der Waals surface area (Å²) >= 11 is 1.05. The van der Waals surface area contributed by atoms with Crippen LogP contribution in [0.25, 0.3) is 10.2 Å². The second kappa shape index (κ2) is 5.49. The summed E-state index contributed by atoms with van der Waals surface area (Å²) < 4.78 is 1.11. The third-order valence-electron chi connectivity index (χ3n) is 3.19. The normalized spacial score (nSPS) is 12.2. The molecule has 0 fully saturated rings. The van der Waals surface area contributed by atoms with Crippen molar-refractivity contribution in [3.63, 3.8) is 0 Å². The topological polar surface area (TPSA) is 64.0 Å². The van der Waals surface area contributed by atoms with Crippen LogP contribution in [-0.2, 0) is 0 Å². The van der Waals surface area contributed by atoms with Crippen molar-refractivity contribution in [3.8, 4) is 0 Å². The van der Waals surface area contributed by atoms with Gasteiger partial charge in [-0.1, -0.05) is 30.3 Å². The van der Waals surface area contributed by atoms with Crippen molar-refractivity contribution in [3.05, 3.63) is 64.6 Å². The number of fused-ring (bicyclic) bond motifs is 1. The zero-order valence-electron chi connectivity index (χ0n) is 11.3. The summed E-state index contributed by atoms with van der Waals surface area (Å²) in [5, 5.41) is 3.28. The minimum absolute atomic E-state index is 0.177. The average molecular weight is 299 g/mol. The van der Waals surface area contributed by atoms with E-state index in [9.17, 15) is 9.59 Å². The van der Waals surface area contributed by atoms with Crippen molar-refractivity contribution >= 4 is 27.8 Å². The maximum Gasteiger partial charge on any atom is 0.338 e. The summed E-state index contributed by atoms with van der Waals surface area (Å²) in [7, 11) is 0. The Labute approximate surface area is 125 Å². The third kappa shape index (κ3) is 2.57. The Morgan fingerprint density at radius 2 is 2.00 bits per heavy atom. The lowest BCUT2D eigenvalue weighted by Gasteiger charge is -2.13. The molecule has 1 unspecified atom stereocenters. The summed E-state index contributed by atoms with van der Waals surface area (Å²) in [5.74, 6) is 0. The van der Waals surface area contributed by atoms with Gasteiger partial charge in [0.1, 0.15) is 4.83 Å². The molecule has 1 atom stereocenters. The summed E-state index contributed by atoms with van der Waals surface area (Å²) in [6.45, 7) is 1.88. The van der Waals surface area contributed by atoms with Crippen molar-refractivity contribution in [1.82, 2.24) is 14.3 Å². The number of carbonyl (C=O) groups excluding carboxylic acids is 1. The molecule has 0 saturated heterocycles. The van der Waals surface area contributed by atoms with Crippen LogP contribution in [0.5, 0.6) is 0 Å². The Bertz CT molecular complexity index is 839. The van der Waals surface area contributed by atoms with E-state index in [0.717, 1.165) is 21.1 Å². The minimum atomic E-state index is -0.431. The molecule has 0 radical (unpaired) electrons. The maximum atomic E-state index is 12.3. The molecule has 3 rings (SSSR count). The van der Waals surface area contributed by atoms with Gasteiger partial charge in [-0.3, -0.25) is 4.79 Å². The number of pyridine rings is 1. The summed E-state index contributed by atoms with van der Waals surface area (Å²) in [5.41, 5.74) is 0.652. The fraction of sp³-hybridized carbons (Fsp3) is 0.133. The molecule has 6 heteroatoms. The minimum Gasteiger partial charge on any atom is -0.330 e. The maximum absolute atomic E-state index is 12.3. The monoisotopic (exact) mass is 299 g/mol. The summed E-state index contributed by atoms with van der Waals surface area (Å²) in [6.07, 6.45) is 1.60. The number of hydrogen-bond acceptors (Lipinski definition) is 4. The highest BCUT2D eigenvalue weighted by Crippen LogP contribution is 2.14. The van der Waals surface area contributed by atoms with E-state index >= 15 is 0 Å². The molecule has 3 aromatic rings. The SMILES string of the molecule is CC(NC(=O)n1sc2ncccc2c1=O)c1ccccc1. The predicted molar refractivity (Wildman–Crippen MR) is 82.7 cm³/mol. The van der Waals surface area contributed by atoms with E-state index < -0.39 is 6.03 Å². The molecule has 0 aliphatic heterocycles. The van der Waals surface area contributed by atoms with Gasteiger partial charge in [0.2, 0.25) is 0 Å². The largest absolute Gasteiger partial charge is 0.338 e. The summed E-state index contributed by atoms with van der Waals surface area (Å²) in [4.78, 5) is 29.1. The van der Waals surface area contributed by atoms with Crippen molar-refractivity contribution in [1.29, 1.82) is 0 Å². The van der Waals surface area contributed by atoms with E-state index in [1.807, 2.05) is 37.3 Å². The van der Waals surface area contributed by atoms with Crippen LogP contribution in [0.15, 0.2) is 53.5 Å². The average Bonchev–Trinajstić information content (AvgIpc) is 2.86. The second-order valence-corrected chi connectivity index (χ2v) is 5.56. The fourth-order valence-corrected chi connectivity index (χ4v) is 2.92. The van der Waals surface area contributed by atoms with Crippen LogP contribution in [0.4, 0.5) is 4.79 Å². The third-order valence-corrected chi connectivity index (χ3v) is 4.20. The van der Waals surface area contributed by atoms with Crippen LogP contribution < -0.4 is 10.9 Å². The highest BCUT2D eigenvalue weighted by atomic mass is 32.1. The Hall–Kier alpha value is -2.47. The van der Waals surface area contributed by atoms with Gasteiger partial charge >= 0.3 is 6.03 Å². The molecule has 0 saturated carbocycles. The number of aromatic nitrogens is 2. The Kier molecular flexibility index (Phi) is 3.53. The zero-order valence-corrected chi connectivity index (χ0v) is 12.1. The van der Waals surface area contributed by atoms with Crippen molar-refractivity contribution in [2.75, 3.05) is 0 Å². The molecular formula is C15H13N3O2S. The van der Waals surface area contributed by atoms with E-state index in [2.05, 4.69) is 10.3 Å². The molecule has 0 aliphatic rings. The molecule has 1 aromatic carbocycles. The predicted octanol–water partition coefficient (Wildman–Crippen LogP) is 2.78. The highest BCUT2D eigenvalue weighted by Gasteiger charge is 2.16. The Balaban J connectivity index is 1.88. The van der Waals surface area contributed by atoms with Crippen LogP contribution >= 0.6 is 11.5 Å². The Morgan fingerprint density at radius 3 is 2.71 bits per heavy atom. The van der Waals surface area contributed by atoms with Crippen LogP contribution in [-0.4, -0.2) is 15.0 Å². The number of benzene rings is 1. The van der Waals surface area contributed by atoms with Gasteiger partial charge in [-0.2, -0.15) is 3.96 Å². The van der Waals surface area contributed by atoms with Gasteiger partial charge in [-0.25, -0.2) is 9.78 Å². The number of nitrogens with one attached hydrogen (secondary N) is 1. The molecular weight excluding hydrogens is 286 g/mol. The molecule has 1 N–H and O–H groups in total. The van der Waals surface area contributed by atoms with Crippen molar-refractivity contribution in [2.24, 2.45) is 0 Å². The van der Waals surface area contributed by atoms with E-state index in [1.165, 1.54) is 0 Å². The molecule has 106 valence electrons. The number of carbonyl (C=O) groups is 1. The van der Waals surface area contributed by atoms with E-state index in [0.29, 0.717) is 10.2 Å². The first-order valence-electron chi connectivity index (χ1n) is 6.49. The van der Waals surface area contributed by atoms with E-state index in [1.54, 1.807) is 18.3 Å². The molecule has 2 heterocycles. The van der Waals surface area contributed by atoms with Gasteiger partial charge < -0.3 is 5.32 Å². The van der Waals surface area contributed by atoms with Crippen LogP contribution in [0.2, 0.25) is 0 Å². The first kappa shape index (κ1) is 13.5. The first-order chi connectivity index (χ1) is 10.2. The molecule has 0 spiro atoms. The van der Waals surface area contributed by atoms with Gasteiger partial charge in [0, 0.05) is 6.20 Å². The van der Waals surface area contributed by atoms with Gasteiger partial charge in [-0.15, -0.1) is 0 Å². The Morgan fingerprint density at radius 1 is 1.24 bits per heavy atom. The fourth-order valence-electron chi connectivity index (χ4n) is 2.07. The lowest BCUT2D eigenvalue weighted by molar-refractivity contribution is 0.241. The number of nitrogens with zero attached hydrogens (tertiary/aromatic N) is 2. The molecule has 21 heavy (non-hydrogen) atoms. The smallest absolute Gasteiger partial charge is 0.330 e. The molecule has 0 aliphatic carbocycles. The lowest BCUT2D eigenvalue weighted by atomic mass is 10.1. The number of amides is 1. The van der Waals surface area contributed by atoms with Gasteiger partial charge in [0.25, 0.3) is 5.56 Å². The van der Waals surface area contributed by atoms with Crippen molar-refractivity contribution < 1.29 is 4.79 Å². The molecule has 2 aromatic heterocycles. The van der Waals surface area contributed by atoms with Gasteiger partial charge in [0.15, 0.2) is 0 Å². The standard InChI is InChI=1S/C15H13N3O2S/c1-10(11-6-3-2-4-7-11)17-15(20)18-14(19)12-8-5-9-16-13(12)21-18/h2-10H,1H3,(H,17,20). The molecule has 1 amide bonds. The number of rotatable bonds is 2. The van der Waals surface area contributed by atoms with E-state index in [4.69, 9.17) is 0 Å². The highest BCUT2D eigenvalue weighted by molar-refractivity contribution is 7.14. The van der Waals surface area contributed by atoms with E-state index in [-0.39, 0.29) is 11.6 Å². The van der Waals surface area contributed by atoms with Crippen LogP contribution in [0, 0.1) is 0 Å². The second-order valence-electron chi connectivity index (χ2n) is 4.63. The molecule has 5 nitrogen and oxygen atoms in total. The van der Waals surface area contributed by atoms with Crippen LogP contribution in [0.1, 0.15) is 18.5 Å². The number of hydrogen-bond donors (Lipinski definition) is 1. The van der Waals surface area contributed by atoms with Gasteiger partial charge in [0.05, 0.1) is 11.4 Å². The first-order valence-corrected chi connectivity index (χ1v) is 7.27. The molecule has 0 bridgehead atoms. The van der Waals surface area contributed by atoms with Gasteiger partial charge in [-0.05, 0) is 36.2 Å². The van der Waals surface area contributed by atoms with Crippen LogP contribution in [0.3, 0.4) is 0 Å². The van der Waals surface area contributed by atoms with Crippen molar-refractivity contribution in [2.45, 2.75) is 13.0 Å². The lowest BCUT2D eigenvalue weighted by Crippen LogP contribution is -2.34. The quantitative estimate of drug-likeness (QED) is 0.791. The summed E-state index contributed by atoms with van der Waals surface area (Å²) in [6, 6.07) is 12.3.